The number of rotatable bonds is 3. The van der Waals surface area contributed by atoms with Gasteiger partial charge in [-0.1, -0.05) is 36.4 Å². The van der Waals surface area contributed by atoms with Gasteiger partial charge in [0, 0.05) is 16.7 Å². The maximum Gasteiger partial charge on any atom is 0.513 e. The van der Waals surface area contributed by atoms with Crippen LogP contribution in [0, 0.1) is 0 Å². The molecule has 0 saturated carbocycles. The lowest BCUT2D eigenvalue weighted by Gasteiger charge is -2.19. The predicted octanol–water partition coefficient (Wildman–Crippen LogP) is 3.22. The number of alkyl halides is 1. The average Bonchev–Trinajstić information content (AvgIpc) is 2.57. The highest BCUT2D eigenvalue weighted by Crippen LogP contribution is 2.33. The van der Waals surface area contributed by atoms with Gasteiger partial charge in [-0.15, -0.1) is 11.6 Å². The third-order valence-corrected chi connectivity index (χ3v) is 3.56. The fourth-order valence-corrected chi connectivity index (χ4v) is 2.52. The van der Waals surface area contributed by atoms with Crippen molar-refractivity contribution in [1.29, 1.82) is 0 Å². The predicted molar refractivity (Wildman–Crippen MR) is 82.4 cm³/mol. The summed E-state index contributed by atoms with van der Waals surface area (Å²) in [7, 11) is 0. The number of ketones is 2. The van der Waals surface area contributed by atoms with Crippen molar-refractivity contribution in [3.8, 4) is 5.75 Å². The van der Waals surface area contributed by atoms with Crippen molar-refractivity contribution in [3.63, 3.8) is 0 Å². The molecule has 5 nitrogen and oxygen atoms in total. The molecular weight excluding hydrogens is 320 g/mol. The molecule has 0 saturated heterocycles. The molecule has 0 atom stereocenters. The minimum atomic E-state index is -0.974. The van der Waals surface area contributed by atoms with E-state index in [9.17, 15) is 14.4 Å². The second-order valence-electron chi connectivity index (χ2n) is 4.77. The number of benzene rings is 2. The van der Waals surface area contributed by atoms with Crippen molar-refractivity contribution in [3.05, 3.63) is 64.7 Å². The molecule has 6 heteroatoms. The van der Waals surface area contributed by atoms with E-state index in [1.54, 1.807) is 30.3 Å². The molecule has 0 aromatic heterocycles. The summed E-state index contributed by atoms with van der Waals surface area (Å²) in [6.45, 7) is -0.00881. The van der Waals surface area contributed by atoms with Crippen molar-refractivity contribution in [2.24, 2.45) is 0 Å². The highest BCUT2D eigenvalue weighted by Gasteiger charge is 2.32. The Bertz CT molecular complexity index is 812. The van der Waals surface area contributed by atoms with Crippen LogP contribution in [0.2, 0.25) is 0 Å². The van der Waals surface area contributed by atoms with Crippen LogP contribution in [0.1, 0.15) is 31.8 Å². The van der Waals surface area contributed by atoms with E-state index in [2.05, 4.69) is 0 Å². The van der Waals surface area contributed by atoms with Crippen LogP contribution in [-0.2, 0) is 4.74 Å². The zero-order valence-electron chi connectivity index (χ0n) is 11.9. The third-order valence-electron chi connectivity index (χ3n) is 3.40. The van der Waals surface area contributed by atoms with Crippen LogP contribution in [0.15, 0.2) is 42.5 Å². The zero-order chi connectivity index (χ0) is 16.4. The van der Waals surface area contributed by atoms with Crippen LogP contribution in [0.4, 0.5) is 4.79 Å². The Morgan fingerprint density at radius 1 is 0.913 bits per heavy atom. The van der Waals surface area contributed by atoms with E-state index >= 15 is 0 Å². The van der Waals surface area contributed by atoms with Gasteiger partial charge in [0.1, 0.15) is 12.4 Å². The zero-order valence-corrected chi connectivity index (χ0v) is 12.6. The van der Waals surface area contributed by atoms with Crippen LogP contribution >= 0.6 is 11.6 Å². The fraction of sp³-hybridized carbons (Fsp3) is 0.118. The number of hydrogen-bond acceptors (Lipinski definition) is 5. The average molecular weight is 331 g/mol. The lowest BCUT2D eigenvalue weighted by atomic mass is 9.84. The van der Waals surface area contributed by atoms with Gasteiger partial charge in [-0.3, -0.25) is 9.59 Å². The van der Waals surface area contributed by atoms with Gasteiger partial charge in [0.2, 0.25) is 0 Å². The molecule has 116 valence electrons. The Kier molecular flexibility index (Phi) is 4.12. The second kappa shape index (κ2) is 6.22. The van der Waals surface area contributed by atoms with Gasteiger partial charge in [0.15, 0.2) is 11.6 Å². The number of carbonyl (C=O) groups is 3. The molecule has 0 amide bonds. The van der Waals surface area contributed by atoms with Crippen LogP contribution < -0.4 is 4.74 Å². The van der Waals surface area contributed by atoms with Crippen molar-refractivity contribution >= 4 is 29.3 Å². The van der Waals surface area contributed by atoms with Crippen molar-refractivity contribution in [1.82, 2.24) is 0 Å². The molecule has 0 aliphatic heterocycles. The summed E-state index contributed by atoms with van der Waals surface area (Å²) in [6.07, 6.45) is -0.974. The van der Waals surface area contributed by atoms with E-state index in [4.69, 9.17) is 21.1 Å². The second-order valence-corrected chi connectivity index (χ2v) is 5.15. The number of hydrogen-bond donors (Lipinski definition) is 0. The summed E-state index contributed by atoms with van der Waals surface area (Å²) in [4.78, 5) is 36.8. The first-order valence-electron chi connectivity index (χ1n) is 6.85. The van der Waals surface area contributed by atoms with Gasteiger partial charge in [-0.2, -0.15) is 0 Å². The van der Waals surface area contributed by atoms with E-state index in [-0.39, 0.29) is 46.5 Å². The smallest absolute Gasteiger partial charge is 0.433 e. The lowest BCUT2D eigenvalue weighted by molar-refractivity contribution is 0.0958. The summed E-state index contributed by atoms with van der Waals surface area (Å²) in [6, 6.07) is 11.1. The summed E-state index contributed by atoms with van der Waals surface area (Å²) >= 11 is 5.43. The van der Waals surface area contributed by atoms with Crippen LogP contribution in [0.3, 0.4) is 0 Å². The summed E-state index contributed by atoms with van der Waals surface area (Å²) < 4.78 is 9.78. The van der Waals surface area contributed by atoms with Gasteiger partial charge in [-0.05, 0) is 6.07 Å². The molecule has 0 fully saturated rings. The molecular formula is C17H11ClO5. The third kappa shape index (κ3) is 2.71. The fourth-order valence-electron chi connectivity index (χ4n) is 2.44. The molecule has 0 spiro atoms. The van der Waals surface area contributed by atoms with Crippen molar-refractivity contribution in [2.45, 2.75) is 0 Å². The monoisotopic (exact) mass is 330 g/mol. The highest BCUT2D eigenvalue weighted by atomic mass is 35.5. The Balaban J connectivity index is 2.02. The van der Waals surface area contributed by atoms with Gasteiger partial charge in [0.05, 0.1) is 11.4 Å². The SMILES string of the molecule is O=C(OCCCl)Oc1cccc2c1C(=O)c1ccccc1C2=O. The van der Waals surface area contributed by atoms with Gasteiger partial charge < -0.3 is 9.47 Å². The number of halogens is 1. The Morgan fingerprint density at radius 2 is 1.57 bits per heavy atom. The molecule has 0 unspecified atom stereocenters. The van der Waals surface area contributed by atoms with Crippen LogP contribution in [0.25, 0.3) is 0 Å². The summed E-state index contributed by atoms with van der Waals surface area (Å²) in [5.41, 5.74) is 0.900. The normalized spacial score (nSPS) is 12.4. The standard InChI is InChI=1S/C17H11ClO5/c18-8-9-22-17(21)23-13-7-3-6-12-14(13)16(20)11-5-2-1-4-10(11)15(12)19/h1-7H,8-9H2. The van der Waals surface area contributed by atoms with Crippen LogP contribution in [-0.4, -0.2) is 30.2 Å². The van der Waals surface area contributed by atoms with Gasteiger partial charge in [-0.25, -0.2) is 4.79 Å². The quantitative estimate of drug-likeness (QED) is 0.419. The largest absolute Gasteiger partial charge is 0.513 e. The van der Waals surface area contributed by atoms with Crippen LogP contribution in [0.5, 0.6) is 5.75 Å². The molecule has 0 bridgehead atoms. The van der Waals surface area contributed by atoms with Gasteiger partial charge in [0.25, 0.3) is 0 Å². The Labute approximate surface area is 136 Å². The van der Waals surface area contributed by atoms with E-state index in [0.29, 0.717) is 5.56 Å². The molecule has 1 aliphatic rings. The maximum atomic E-state index is 12.7. The Morgan fingerprint density at radius 3 is 2.26 bits per heavy atom. The lowest BCUT2D eigenvalue weighted by Crippen LogP contribution is -2.23. The maximum absolute atomic E-state index is 12.7. The molecule has 2 aromatic carbocycles. The summed E-state index contributed by atoms with van der Waals surface area (Å²) in [5.74, 6) is -0.520. The first kappa shape index (κ1) is 15.2. The first-order valence-corrected chi connectivity index (χ1v) is 7.39. The first-order chi connectivity index (χ1) is 11.1. The van der Waals surface area contributed by atoms with E-state index in [0.717, 1.165) is 0 Å². The molecule has 0 radical (unpaired) electrons. The molecule has 23 heavy (non-hydrogen) atoms. The number of fused-ring (bicyclic) bond motifs is 2. The van der Waals surface area contributed by atoms with E-state index in [1.165, 1.54) is 12.1 Å². The van der Waals surface area contributed by atoms with E-state index < -0.39 is 6.16 Å². The molecule has 1 aliphatic carbocycles. The van der Waals surface area contributed by atoms with Crippen molar-refractivity contribution < 1.29 is 23.9 Å². The van der Waals surface area contributed by atoms with E-state index in [1.807, 2.05) is 0 Å². The molecule has 0 heterocycles. The molecule has 2 aromatic rings. The Hall–Kier alpha value is -2.66. The minimum Gasteiger partial charge on any atom is -0.433 e. The number of ether oxygens (including phenoxy) is 2. The van der Waals surface area contributed by atoms with Gasteiger partial charge >= 0.3 is 6.16 Å². The van der Waals surface area contributed by atoms with Crippen molar-refractivity contribution in [2.75, 3.05) is 12.5 Å². The topological polar surface area (TPSA) is 69.7 Å². The molecule has 0 N–H and O–H groups in total. The summed E-state index contributed by atoms with van der Waals surface area (Å²) in [5, 5.41) is 0. The minimum absolute atomic E-state index is 0.00470. The molecule has 3 rings (SSSR count). The highest BCUT2D eigenvalue weighted by molar-refractivity contribution is 6.29. The number of carbonyl (C=O) groups excluding carboxylic acids is 3.